The third kappa shape index (κ3) is 4.43. The van der Waals surface area contributed by atoms with Crippen LogP contribution in [0, 0.1) is 0 Å². The second-order valence-corrected chi connectivity index (χ2v) is 15.1. The average molecular weight is 692 g/mol. The summed E-state index contributed by atoms with van der Waals surface area (Å²) in [5.41, 5.74) is 10.8. The van der Waals surface area contributed by atoms with E-state index in [0.717, 1.165) is 11.4 Å². The number of thiophene rings is 1. The maximum absolute atomic E-state index is 2.47. The van der Waals surface area contributed by atoms with Crippen molar-refractivity contribution in [2.24, 2.45) is 0 Å². The predicted octanol–water partition coefficient (Wildman–Crippen LogP) is 14.2. The predicted molar refractivity (Wildman–Crippen MR) is 226 cm³/mol. The number of benzene rings is 9. The van der Waals surface area contributed by atoms with Crippen LogP contribution in [0.25, 0.3) is 52.8 Å². The van der Waals surface area contributed by atoms with Gasteiger partial charge in [0.2, 0.25) is 0 Å². The minimum Gasteiger partial charge on any atom is -0.310 e. The van der Waals surface area contributed by atoms with E-state index in [4.69, 9.17) is 0 Å². The summed E-state index contributed by atoms with van der Waals surface area (Å²) in [5.74, 6) is 0. The summed E-state index contributed by atoms with van der Waals surface area (Å²) in [6, 6.07) is 74.1. The van der Waals surface area contributed by atoms with Crippen molar-refractivity contribution in [1.82, 2.24) is 0 Å². The Balaban J connectivity index is 1.17. The van der Waals surface area contributed by atoms with Crippen LogP contribution in [0.1, 0.15) is 22.3 Å². The Bertz CT molecular complexity index is 2960. The zero-order chi connectivity index (χ0) is 34.9. The van der Waals surface area contributed by atoms with Gasteiger partial charge in [0.1, 0.15) is 0 Å². The molecule has 0 spiro atoms. The van der Waals surface area contributed by atoms with Gasteiger partial charge in [-0.15, -0.1) is 11.3 Å². The summed E-state index contributed by atoms with van der Waals surface area (Å²) in [6.07, 6.45) is 0. The summed E-state index contributed by atoms with van der Waals surface area (Å²) < 4.78 is 2.62. The molecule has 0 bridgehead atoms. The summed E-state index contributed by atoms with van der Waals surface area (Å²) in [5, 5.41) is 7.57. The molecule has 9 aromatic carbocycles. The lowest BCUT2D eigenvalue weighted by molar-refractivity contribution is 0.768. The Hall–Kier alpha value is -6.48. The van der Waals surface area contributed by atoms with Crippen LogP contribution in [0.3, 0.4) is 0 Å². The lowest BCUT2D eigenvalue weighted by atomic mass is 9.68. The van der Waals surface area contributed by atoms with Crippen molar-refractivity contribution in [3.05, 3.63) is 222 Å². The zero-order valence-electron chi connectivity index (χ0n) is 28.9. The molecule has 0 unspecified atom stereocenters. The van der Waals surface area contributed by atoms with E-state index in [9.17, 15) is 0 Å². The fourth-order valence-electron chi connectivity index (χ4n) is 9.07. The standard InChI is InChI=1S/C51H33NS/c1-2-15-35(16-3-1)51(46-23-11-8-19-41(46)42-20-9-12-24-47(42)51)36-26-28-37(29-27-36)52(38-30-31-50-45(33-38)44-22-10-13-25-49(44)53-50)48-32-34-14-4-5-17-39(34)40-18-6-7-21-43(40)48/h1-33H. The zero-order valence-corrected chi connectivity index (χ0v) is 29.7. The van der Waals surface area contributed by atoms with Crippen LogP contribution < -0.4 is 4.90 Å². The Morgan fingerprint density at radius 2 is 0.906 bits per heavy atom. The second-order valence-electron chi connectivity index (χ2n) is 14.0. The van der Waals surface area contributed by atoms with E-state index in [0.29, 0.717) is 0 Å². The first kappa shape index (κ1) is 30.2. The largest absolute Gasteiger partial charge is 0.310 e. The molecule has 0 atom stereocenters. The van der Waals surface area contributed by atoms with Crippen LogP contribution in [-0.2, 0) is 5.41 Å². The van der Waals surface area contributed by atoms with E-state index in [-0.39, 0.29) is 0 Å². The maximum atomic E-state index is 2.47. The first-order chi connectivity index (χ1) is 26.3. The highest BCUT2D eigenvalue weighted by molar-refractivity contribution is 7.25. The molecular weight excluding hydrogens is 659 g/mol. The van der Waals surface area contributed by atoms with Gasteiger partial charge in [-0.05, 0) is 92.0 Å². The SMILES string of the molecule is c1ccc(C2(c3ccc(N(c4ccc5sc6ccccc6c5c4)c4cc5ccccc5c5ccccc45)cc3)c3ccccc3-c3ccccc32)cc1. The molecule has 1 aromatic heterocycles. The van der Waals surface area contributed by atoms with Crippen LogP contribution in [0.2, 0.25) is 0 Å². The van der Waals surface area contributed by atoms with Crippen molar-refractivity contribution in [3.8, 4) is 11.1 Å². The van der Waals surface area contributed by atoms with Gasteiger partial charge in [0, 0.05) is 36.9 Å². The molecule has 11 rings (SSSR count). The molecule has 248 valence electrons. The molecule has 0 fully saturated rings. The number of hydrogen-bond acceptors (Lipinski definition) is 2. The minimum atomic E-state index is -0.443. The Morgan fingerprint density at radius 1 is 0.358 bits per heavy atom. The van der Waals surface area contributed by atoms with Gasteiger partial charge in [-0.2, -0.15) is 0 Å². The molecule has 1 heterocycles. The van der Waals surface area contributed by atoms with E-state index in [2.05, 4.69) is 205 Å². The summed E-state index contributed by atoms with van der Waals surface area (Å²) >= 11 is 1.86. The summed E-state index contributed by atoms with van der Waals surface area (Å²) in [6.45, 7) is 0. The third-order valence-corrected chi connectivity index (χ3v) is 12.5. The van der Waals surface area contributed by atoms with Crippen LogP contribution in [0.5, 0.6) is 0 Å². The lowest BCUT2D eigenvalue weighted by Crippen LogP contribution is -2.28. The van der Waals surface area contributed by atoms with Crippen molar-refractivity contribution < 1.29 is 0 Å². The smallest absolute Gasteiger partial charge is 0.0713 e. The summed E-state index contributed by atoms with van der Waals surface area (Å²) in [7, 11) is 0. The Labute approximate surface area is 312 Å². The van der Waals surface area contributed by atoms with Crippen molar-refractivity contribution >= 4 is 70.1 Å². The topological polar surface area (TPSA) is 3.24 Å². The number of fused-ring (bicyclic) bond motifs is 9. The maximum Gasteiger partial charge on any atom is 0.0713 e. The van der Waals surface area contributed by atoms with Gasteiger partial charge in [0.15, 0.2) is 0 Å². The van der Waals surface area contributed by atoms with E-state index < -0.39 is 5.41 Å². The Kier molecular flexibility index (Phi) is 6.71. The molecule has 53 heavy (non-hydrogen) atoms. The first-order valence-corrected chi connectivity index (χ1v) is 19.1. The van der Waals surface area contributed by atoms with Crippen molar-refractivity contribution in [2.45, 2.75) is 5.41 Å². The normalized spacial score (nSPS) is 13.1. The first-order valence-electron chi connectivity index (χ1n) is 18.3. The molecule has 0 saturated heterocycles. The number of nitrogens with zero attached hydrogens (tertiary/aromatic N) is 1. The fraction of sp³-hybridized carbons (Fsp3) is 0.0196. The highest BCUT2D eigenvalue weighted by atomic mass is 32.1. The molecule has 2 heteroatoms. The van der Waals surface area contributed by atoms with E-state index in [1.165, 1.54) is 80.8 Å². The second kappa shape index (κ2) is 11.8. The highest BCUT2D eigenvalue weighted by Crippen LogP contribution is 2.56. The van der Waals surface area contributed by atoms with E-state index in [1.807, 2.05) is 11.3 Å². The molecule has 10 aromatic rings. The van der Waals surface area contributed by atoms with E-state index >= 15 is 0 Å². The molecule has 1 nitrogen and oxygen atoms in total. The van der Waals surface area contributed by atoms with Gasteiger partial charge in [0.25, 0.3) is 0 Å². The monoisotopic (exact) mass is 691 g/mol. The lowest BCUT2D eigenvalue weighted by Gasteiger charge is -2.34. The molecule has 0 saturated carbocycles. The molecule has 1 aliphatic carbocycles. The number of hydrogen-bond donors (Lipinski definition) is 0. The third-order valence-electron chi connectivity index (χ3n) is 11.3. The van der Waals surface area contributed by atoms with Gasteiger partial charge in [-0.25, -0.2) is 0 Å². The van der Waals surface area contributed by atoms with Gasteiger partial charge in [0.05, 0.1) is 11.1 Å². The van der Waals surface area contributed by atoms with Crippen molar-refractivity contribution in [3.63, 3.8) is 0 Å². The summed E-state index contributed by atoms with van der Waals surface area (Å²) in [4.78, 5) is 2.47. The molecule has 0 aliphatic heterocycles. The van der Waals surface area contributed by atoms with Crippen LogP contribution in [0.4, 0.5) is 17.1 Å². The van der Waals surface area contributed by atoms with Crippen molar-refractivity contribution in [1.29, 1.82) is 0 Å². The Morgan fingerprint density at radius 3 is 1.66 bits per heavy atom. The molecule has 0 N–H and O–H groups in total. The average Bonchev–Trinajstić information content (AvgIpc) is 3.75. The van der Waals surface area contributed by atoms with Crippen LogP contribution in [0.15, 0.2) is 200 Å². The number of anilines is 3. The molecule has 0 radical (unpaired) electrons. The highest BCUT2D eigenvalue weighted by Gasteiger charge is 2.45. The molecular formula is C51H33NS. The quantitative estimate of drug-likeness (QED) is 0.162. The van der Waals surface area contributed by atoms with Gasteiger partial charge >= 0.3 is 0 Å². The van der Waals surface area contributed by atoms with Gasteiger partial charge in [-0.1, -0.05) is 158 Å². The van der Waals surface area contributed by atoms with E-state index in [1.54, 1.807) is 0 Å². The fourth-order valence-corrected chi connectivity index (χ4v) is 10.2. The number of rotatable bonds is 5. The molecule has 1 aliphatic rings. The van der Waals surface area contributed by atoms with Gasteiger partial charge < -0.3 is 4.90 Å². The minimum absolute atomic E-state index is 0.443. The molecule has 0 amide bonds. The van der Waals surface area contributed by atoms with Crippen molar-refractivity contribution in [2.75, 3.05) is 4.90 Å². The van der Waals surface area contributed by atoms with Crippen LogP contribution >= 0.6 is 11.3 Å². The van der Waals surface area contributed by atoms with Gasteiger partial charge in [-0.3, -0.25) is 0 Å². The van der Waals surface area contributed by atoms with Crippen LogP contribution in [-0.4, -0.2) is 0 Å².